The van der Waals surface area contributed by atoms with Crippen molar-refractivity contribution in [3.05, 3.63) is 18.2 Å². The molecule has 1 aliphatic rings. The zero-order valence-corrected chi connectivity index (χ0v) is 10.2. The van der Waals surface area contributed by atoms with Crippen LogP contribution in [-0.4, -0.2) is 24.1 Å². The predicted molar refractivity (Wildman–Crippen MR) is 66.6 cm³/mol. The average Bonchev–Trinajstić information content (AvgIpc) is 2.29. The molecule has 1 heterocycles. The van der Waals surface area contributed by atoms with Gasteiger partial charge in [0.1, 0.15) is 5.75 Å². The highest BCUT2D eigenvalue weighted by Crippen LogP contribution is 2.34. The van der Waals surface area contributed by atoms with Gasteiger partial charge in [-0.2, -0.15) is 0 Å². The van der Waals surface area contributed by atoms with Crippen molar-refractivity contribution in [2.45, 2.75) is 11.3 Å². The summed E-state index contributed by atoms with van der Waals surface area (Å²) in [6.45, 7) is 0.624. The molecule has 0 saturated carbocycles. The molecule has 0 radical (unpaired) electrons. The van der Waals surface area contributed by atoms with Crippen molar-refractivity contribution in [1.29, 1.82) is 0 Å². The number of amides is 1. The first-order chi connectivity index (χ1) is 7.79. The third-order valence-corrected chi connectivity index (χ3v) is 3.46. The zero-order chi connectivity index (χ0) is 11.4. The Morgan fingerprint density at radius 1 is 1.50 bits per heavy atom. The molecule has 1 amide bonds. The molecule has 16 heavy (non-hydrogen) atoms. The zero-order valence-electron chi connectivity index (χ0n) is 8.66. The fraction of sp³-hybridized carbons (Fsp3) is 0.364. The number of ether oxygens (including phenoxy) is 1. The summed E-state index contributed by atoms with van der Waals surface area (Å²) in [5.74, 6) is 1.95. The van der Waals surface area contributed by atoms with Crippen LogP contribution in [-0.2, 0) is 4.79 Å². The van der Waals surface area contributed by atoms with E-state index in [1.807, 2.05) is 18.2 Å². The Bertz CT molecular complexity index is 398. The molecular weight excluding hydrogens is 246 g/mol. The largest absolute Gasteiger partial charge is 0.494 e. The molecule has 5 heteroatoms. The van der Waals surface area contributed by atoms with Crippen LogP contribution in [0, 0.1) is 0 Å². The molecule has 0 aliphatic carbocycles. The molecule has 1 N–H and O–H groups in total. The van der Waals surface area contributed by atoms with Gasteiger partial charge in [0.2, 0.25) is 5.91 Å². The fourth-order valence-corrected chi connectivity index (χ4v) is 2.33. The van der Waals surface area contributed by atoms with Crippen LogP contribution in [0.15, 0.2) is 23.1 Å². The highest BCUT2D eigenvalue weighted by atomic mass is 35.5. The lowest BCUT2D eigenvalue weighted by atomic mass is 10.3. The van der Waals surface area contributed by atoms with Crippen molar-refractivity contribution in [2.24, 2.45) is 0 Å². The van der Waals surface area contributed by atoms with Gasteiger partial charge in [0.15, 0.2) is 0 Å². The number of benzene rings is 1. The van der Waals surface area contributed by atoms with E-state index in [1.54, 1.807) is 0 Å². The van der Waals surface area contributed by atoms with Crippen LogP contribution < -0.4 is 10.1 Å². The van der Waals surface area contributed by atoms with Crippen molar-refractivity contribution < 1.29 is 9.53 Å². The van der Waals surface area contributed by atoms with Crippen LogP contribution >= 0.6 is 23.4 Å². The second-order valence-corrected chi connectivity index (χ2v) is 4.78. The van der Waals surface area contributed by atoms with Crippen molar-refractivity contribution in [2.75, 3.05) is 23.6 Å². The smallest absolute Gasteiger partial charge is 0.234 e. The number of hydrogen-bond donors (Lipinski definition) is 1. The molecule has 0 atom stereocenters. The van der Waals surface area contributed by atoms with Gasteiger partial charge in [-0.05, 0) is 24.6 Å². The summed E-state index contributed by atoms with van der Waals surface area (Å²) in [5.41, 5.74) is 0.867. The summed E-state index contributed by atoms with van der Waals surface area (Å²) in [6, 6.07) is 5.68. The maximum atomic E-state index is 11.1. The molecule has 86 valence electrons. The maximum Gasteiger partial charge on any atom is 0.234 e. The lowest BCUT2D eigenvalue weighted by Crippen LogP contribution is -2.18. The molecule has 1 aromatic carbocycles. The van der Waals surface area contributed by atoms with E-state index in [-0.39, 0.29) is 5.91 Å². The predicted octanol–water partition coefficient (Wildman–Crippen LogP) is 2.74. The van der Waals surface area contributed by atoms with Gasteiger partial charge >= 0.3 is 0 Å². The molecule has 0 fully saturated rings. The van der Waals surface area contributed by atoms with E-state index in [0.29, 0.717) is 18.2 Å². The molecule has 0 aromatic heterocycles. The number of nitrogens with one attached hydrogen (secondary N) is 1. The Hall–Kier alpha value is -0.870. The SMILES string of the molecule is O=C1CSc2cc(OCCCCl)ccc2N1. The Morgan fingerprint density at radius 3 is 3.19 bits per heavy atom. The van der Waals surface area contributed by atoms with Crippen LogP contribution in [0.3, 0.4) is 0 Å². The molecule has 0 spiro atoms. The highest BCUT2D eigenvalue weighted by Gasteiger charge is 2.15. The van der Waals surface area contributed by atoms with Crippen LogP contribution in [0.1, 0.15) is 6.42 Å². The first-order valence-electron chi connectivity index (χ1n) is 5.05. The molecule has 0 bridgehead atoms. The van der Waals surface area contributed by atoms with Gasteiger partial charge in [-0.25, -0.2) is 0 Å². The van der Waals surface area contributed by atoms with E-state index in [2.05, 4.69) is 5.32 Å². The molecule has 1 aromatic rings. The monoisotopic (exact) mass is 257 g/mol. The first-order valence-corrected chi connectivity index (χ1v) is 6.57. The van der Waals surface area contributed by atoms with E-state index in [0.717, 1.165) is 22.8 Å². The summed E-state index contributed by atoms with van der Waals surface area (Å²) in [7, 11) is 0. The summed E-state index contributed by atoms with van der Waals surface area (Å²) < 4.78 is 5.53. The number of fused-ring (bicyclic) bond motifs is 1. The standard InChI is InChI=1S/C11H12ClNO2S/c12-4-1-5-15-8-2-3-9-10(6-8)16-7-11(14)13-9/h2-3,6H,1,4-5,7H2,(H,13,14). The summed E-state index contributed by atoms with van der Waals surface area (Å²) in [6.07, 6.45) is 0.836. The number of thioether (sulfide) groups is 1. The van der Waals surface area contributed by atoms with Crippen LogP contribution in [0.2, 0.25) is 0 Å². The van der Waals surface area contributed by atoms with E-state index >= 15 is 0 Å². The number of hydrogen-bond acceptors (Lipinski definition) is 3. The minimum Gasteiger partial charge on any atom is -0.494 e. The van der Waals surface area contributed by atoms with Crippen molar-refractivity contribution in [3.63, 3.8) is 0 Å². The summed E-state index contributed by atoms with van der Waals surface area (Å²) >= 11 is 7.10. The van der Waals surface area contributed by atoms with E-state index in [1.165, 1.54) is 11.8 Å². The van der Waals surface area contributed by atoms with Crippen LogP contribution in [0.4, 0.5) is 5.69 Å². The first kappa shape index (κ1) is 11.6. The van der Waals surface area contributed by atoms with E-state index in [9.17, 15) is 4.79 Å². The number of carbonyl (C=O) groups excluding carboxylic acids is 1. The van der Waals surface area contributed by atoms with Crippen LogP contribution in [0.5, 0.6) is 5.75 Å². The van der Waals surface area contributed by atoms with Gasteiger partial charge < -0.3 is 10.1 Å². The number of rotatable bonds is 4. The molecule has 0 unspecified atom stereocenters. The van der Waals surface area contributed by atoms with Gasteiger partial charge in [-0.3, -0.25) is 4.79 Å². The Kier molecular flexibility index (Phi) is 3.96. The highest BCUT2D eigenvalue weighted by molar-refractivity contribution is 8.00. The Morgan fingerprint density at radius 2 is 2.38 bits per heavy atom. The number of alkyl halides is 1. The Balaban J connectivity index is 2.04. The minimum atomic E-state index is 0.0494. The van der Waals surface area contributed by atoms with Gasteiger partial charge in [-0.1, -0.05) is 0 Å². The topological polar surface area (TPSA) is 38.3 Å². The Labute approximate surface area is 104 Å². The molecular formula is C11H12ClNO2S. The number of carbonyl (C=O) groups is 1. The van der Waals surface area contributed by atoms with Crippen LogP contribution in [0.25, 0.3) is 0 Å². The summed E-state index contributed by atoms with van der Waals surface area (Å²) in [4.78, 5) is 12.2. The second kappa shape index (κ2) is 5.46. The van der Waals surface area contributed by atoms with Gasteiger partial charge in [0, 0.05) is 10.8 Å². The molecule has 0 saturated heterocycles. The third-order valence-electron chi connectivity index (χ3n) is 2.13. The number of anilines is 1. The second-order valence-electron chi connectivity index (χ2n) is 3.39. The third kappa shape index (κ3) is 2.83. The summed E-state index contributed by atoms with van der Waals surface area (Å²) in [5, 5.41) is 2.82. The fourth-order valence-electron chi connectivity index (χ4n) is 1.39. The van der Waals surface area contributed by atoms with Crippen molar-refractivity contribution >= 4 is 35.0 Å². The molecule has 1 aliphatic heterocycles. The van der Waals surface area contributed by atoms with Gasteiger partial charge in [-0.15, -0.1) is 23.4 Å². The van der Waals surface area contributed by atoms with Crippen molar-refractivity contribution in [1.82, 2.24) is 0 Å². The quantitative estimate of drug-likeness (QED) is 0.666. The average molecular weight is 258 g/mol. The molecule has 3 nitrogen and oxygen atoms in total. The van der Waals surface area contributed by atoms with E-state index in [4.69, 9.17) is 16.3 Å². The van der Waals surface area contributed by atoms with Crippen molar-refractivity contribution in [3.8, 4) is 5.75 Å². The maximum absolute atomic E-state index is 11.1. The number of halogens is 1. The van der Waals surface area contributed by atoms with Gasteiger partial charge in [0.05, 0.1) is 18.0 Å². The van der Waals surface area contributed by atoms with Gasteiger partial charge in [0.25, 0.3) is 0 Å². The van der Waals surface area contributed by atoms with E-state index < -0.39 is 0 Å². The normalized spacial score (nSPS) is 14.2. The lowest BCUT2D eigenvalue weighted by Gasteiger charge is -2.17. The lowest BCUT2D eigenvalue weighted by molar-refractivity contribution is -0.113. The minimum absolute atomic E-state index is 0.0494. The molecule has 2 rings (SSSR count).